The maximum atomic E-state index is 13.6. The summed E-state index contributed by atoms with van der Waals surface area (Å²) in [6, 6.07) is 18.0. The molecular formula is C24H20FN3O3. The van der Waals surface area contributed by atoms with Crippen molar-refractivity contribution in [3.63, 3.8) is 0 Å². The van der Waals surface area contributed by atoms with Crippen molar-refractivity contribution in [2.45, 2.75) is 13.5 Å². The largest absolute Gasteiger partial charge is 0.495 e. The third kappa shape index (κ3) is 4.16. The second kappa shape index (κ2) is 8.39. The minimum Gasteiger partial charge on any atom is -0.495 e. The molecule has 3 aromatic carbocycles. The number of fused-ring (bicyclic) bond motifs is 1. The number of rotatable bonds is 6. The number of hydrogen-bond donors (Lipinski definition) is 1. The van der Waals surface area contributed by atoms with E-state index in [0.29, 0.717) is 22.5 Å². The first-order valence-corrected chi connectivity index (χ1v) is 9.66. The van der Waals surface area contributed by atoms with Crippen LogP contribution in [0.2, 0.25) is 0 Å². The van der Waals surface area contributed by atoms with Crippen LogP contribution in [-0.2, 0) is 11.3 Å². The summed E-state index contributed by atoms with van der Waals surface area (Å²) in [6.45, 7) is 1.77. The van der Waals surface area contributed by atoms with Gasteiger partial charge < -0.3 is 14.6 Å². The molecule has 0 saturated heterocycles. The Balaban J connectivity index is 1.70. The highest BCUT2D eigenvalue weighted by Crippen LogP contribution is 2.26. The summed E-state index contributed by atoms with van der Waals surface area (Å²) in [5.41, 5.74) is 2.87. The zero-order chi connectivity index (χ0) is 22.0. The van der Waals surface area contributed by atoms with Crippen LogP contribution in [0.1, 0.15) is 21.7 Å². The second-order valence-electron chi connectivity index (χ2n) is 7.10. The summed E-state index contributed by atoms with van der Waals surface area (Å²) in [5.74, 6) is -0.724. The molecule has 7 heteroatoms. The Bertz CT molecular complexity index is 1300. The number of hydrogen-bond acceptors (Lipinski definition) is 4. The molecule has 4 aromatic rings. The van der Waals surface area contributed by atoms with Crippen LogP contribution in [0, 0.1) is 12.7 Å². The monoisotopic (exact) mass is 417 g/mol. The van der Waals surface area contributed by atoms with Crippen molar-refractivity contribution >= 4 is 28.4 Å². The van der Waals surface area contributed by atoms with Gasteiger partial charge in [-0.15, -0.1) is 0 Å². The maximum absolute atomic E-state index is 13.6. The topological polar surface area (TPSA) is 73.2 Å². The van der Waals surface area contributed by atoms with Crippen molar-refractivity contribution in [3.8, 4) is 5.75 Å². The Morgan fingerprint density at radius 1 is 1.06 bits per heavy atom. The van der Waals surface area contributed by atoms with E-state index in [-0.39, 0.29) is 23.8 Å². The predicted octanol–water partition coefficient (Wildman–Crippen LogP) is 4.36. The van der Waals surface area contributed by atoms with Gasteiger partial charge in [0.1, 0.15) is 18.1 Å². The Kier molecular flexibility index (Phi) is 5.49. The lowest BCUT2D eigenvalue weighted by Crippen LogP contribution is -2.22. The van der Waals surface area contributed by atoms with Crippen LogP contribution >= 0.6 is 0 Å². The van der Waals surface area contributed by atoms with Gasteiger partial charge in [-0.2, -0.15) is 0 Å². The number of ketones is 1. The van der Waals surface area contributed by atoms with Gasteiger partial charge in [-0.05, 0) is 48.9 Å². The fourth-order valence-electron chi connectivity index (χ4n) is 3.42. The number of methoxy groups -OCH3 is 1. The van der Waals surface area contributed by atoms with Crippen LogP contribution in [0.4, 0.5) is 10.1 Å². The molecular weight excluding hydrogens is 397 g/mol. The number of nitrogens with zero attached hydrogens (tertiary/aromatic N) is 2. The van der Waals surface area contributed by atoms with E-state index in [2.05, 4.69) is 10.3 Å². The number of halogens is 1. The van der Waals surface area contributed by atoms with Crippen molar-refractivity contribution < 1.29 is 18.7 Å². The molecule has 1 N–H and O–H groups in total. The van der Waals surface area contributed by atoms with E-state index in [4.69, 9.17) is 4.74 Å². The maximum Gasteiger partial charge on any atom is 0.244 e. The van der Waals surface area contributed by atoms with Gasteiger partial charge in [0.05, 0.1) is 23.8 Å². The quantitative estimate of drug-likeness (QED) is 0.473. The van der Waals surface area contributed by atoms with Crippen molar-refractivity contribution in [2.24, 2.45) is 0 Å². The van der Waals surface area contributed by atoms with Gasteiger partial charge in [0.2, 0.25) is 11.7 Å². The number of imidazole rings is 1. The van der Waals surface area contributed by atoms with Gasteiger partial charge in [-0.3, -0.25) is 9.59 Å². The average molecular weight is 417 g/mol. The number of amides is 1. The highest BCUT2D eigenvalue weighted by Gasteiger charge is 2.21. The highest BCUT2D eigenvalue weighted by atomic mass is 19.1. The smallest absolute Gasteiger partial charge is 0.244 e. The first-order chi connectivity index (χ1) is 15.0. The molecule has 1 aromatic heterocycles. The van der Waals surface area contributed by atoms with Crippen molar-refractivity contribution in [2.75, 3.05) is 12.4 Å². The minimum atomic E-state index is -0.516. The number of carbonyl (C=O) groups excluding carboxylic acids is 2. The van der Waals surface area contributed by atoms with Crippen molar-refractivity contribution in [1.82, 2.24) is 9.55 Å². The van der Waals surface area contributed by atoms with Crippen LogP contribution in [0.25, 0.3) is 11.0 Å². The molecule has 4 rings (SSSR count). The zero-order valence-corrected chi connectivity index (χ0v) is 17.1. The van der Waals surface area contributed by atoms with Crippen LogP contribution in [0.15, 0.2) is 66.7 Å². The SMILES string of the molecule is COc1ccc(C)cc1NC(=O)Cn1c(C(=O)c2cccc(F)c2)nc2ccccc21. The Hall–Kier alpha value is -4.00. The predicted molar refractivity (Wildman–Crippen MR) is 116 cm³/mol. The van der Waals surface area contributed by atoms with Gasteiger partial charge in [-0.25, -0.2) is 9.37 Å². The third-order valence-electron chi connectivity index (χ3n) is 4.88. The normalized spacial score (nSPS) is 10.8. The summed E-state index contributed by atoms with van der Waals surface area (Å²) in [5, 5.41) is 2.84. The van der Waals surface area contributed by atoms with Crippen molar-refractivity contribution in [1.29, 1.82) is 0 Å². The Morgan fingerprint density at radius 3 is 2.65 bits per heavy atom. The first-order valence-electron chi connectivity index (χ1n) is 9.66. The molecule has 156 valence electrons. The molecule has 0 aliphatic rings. The molecule has 0 fully saturated rings. The number of benzene rings is 3. The molecule has 0 atom stereocenters. The Morgan fingerprint density at radius 2 is 1.87 bits per heavy atom. The summed E-state index contributed by atoms with van der Waals surface area (Å²) < 4.78 is 20.5. The number of anilines is 1. The van der Waals surface area contributed by atoms with E-state index >= 15 is 0 Å². The van der Waals surface area contributed by atoms with E-state index in [0.717, 1.165) is 11.6 Å². The summed E-state index contributed by atoms with van der Waals surface area (Å²) in [6.07, 6.45) is 0. The Labute approximate surface area is 178 Å². The molecule has 0 radical (unpaired) electrons. The van der Waals surface area contributed by atoms with Crippen LogP contribution in [-0.4, -0.2) is 28.4 Å². The fourth-order valence-corrected chi connectivity index (χ4v) is 3.42. The molecule has 1 heterocycles. The first kappa shape index (κ1) is 20.3. The third-order valence-corrected chi connectivity index (χ3v) is 4.88. The number of ether oxygens (including phenoxy) is 1. The number of carbonyl (C=O) groups is 2. The molecule has 6 nitrogen and oxygen atoms in total. The fraction of sp³-hybridized carbons (Fsp3) is 0.125. The summed E-state index contributed by atoms with van der Waals surface area (Å²) in [4.78, 5) is 30.4. The molecule has 31 heavy (non-hydrogen) atoms. The van der Waals surface area contributed by atoms with Crippen LogP contribution in [0.5, 0.6) is 5.75 Å². The molecule has 0 unspecified atom stereocenters. The van der Waals surface area contributed by atoms with Gasteiger partial charge >= 0.3 is 0 Å². The molecule has 0 aliphatic carbocycles. The molecule has 0 saturated carbocycles. The summed E-state index contributed by atoms with van der Waals surface area (Å²) >= 11 is 0. The molecule has 0 bridgehead atoms. The number of para-hydroxylation sites is 2. The average Bonchev–Trinajstić information content (AvgIpc) is 3.11. The number of aromatic nitrogens is 2. The minimum absolute atomic E-state index is 0.0677. The van der Waals surface area contributed by atoms with Gasteiger partial charge in [0.25, 0.3) is 0 Å². The van der Waals surface area contributed by atoms with E-state index < -0.39 is 11.6 Å². The lowest BCUT2D eigenvalue weighted by Gasteiger charge is -2.13. The number of aryl methyl sites for hydroxylation is 1. The highest BCUT2D eigenvalue weighted by molar-refractivity contribution is 6.08. The van der Waals surface area contributed by atoms with E-state index in [1.165, 1.54) is 25.3 Å². The second-order valence-corrected chi connectivity index (χ2v) is 7.10. The van der Waals surface area contributed by atoms with Crippen LogP contribution in [0.3, 0.4) is 0 Å². The van der Waals surface area contributed by atoms with Gasteiger partial charge in [0, 0.05) is 5.56 Å². The van der Waals surface area contributed by atoms with E-state index in [1.54, 1.807) is 34.9 Å². The van der Waals surface area contributed by atoms with E-state index in [9.17, 15) is 14.0 Å². The zero-order valence-electron chi connectivity index (χ0n) is 17.1. The van der Waals surface area contributed by atoms with Crippen LogP contribution < -0.4 is 10.1 Å². The van der Waals surface area contributed by atoms with Gasteiger partial charge in [0.15, 0.2) is 5.82 Å². The summed E-state index contributed by atoms with van der Waals surface area (Å²) in [7, 11) is 1.53. The van der Waals surface area contributed by atoms with Gasteiger partial charge in [-0.1, -0.05) is 30.3 Å². The lowest BCUT2D eigenvalue weighted by molar-refractivity contribution is -0.116. The standard InChI is InChI=1S/C24H20FN3O3/c1-15-10-11-21(31-2)19(12-15)26-22(29)14-28-20-9-4-3-8-18(20)27-24(28)23(30)16-6-5-7-17(25)13-16/h3-13H,14H2,1-2H3,(H,26,29). The van der Waals surface area contributed by atoms with Crippen molar-refractivity contribution in [3.05, 3.63) is 89.5 Å². The molecule has 1 amide bonds. The number of nitrogens with one attached hydrogen (secondary N) is 1. The lowest BCUT2D eigenvalue weighted by atomic mass is 10.1. The van der Waals surface area contributed by atoms with E-state index in [1.807, 2.05) is 19.1 Å². The molecule has 0 aliphatic heterocycles. The molecule has 0 spiro atoms.